The standard InChI is InChI=1S/C14H9ClF4/c15-8-9-1-6-12(13(16)7-9)10-2-4-11(5-3-10)14(17,18)19/h1-7H,8H2. The SMILES string of the molecule is Fc1cc(CCl)ccc1-c1ccc(C(F)(F)F)cc1. The molecule has 0 saturated carbocycles. The van der Waals surface area contributed by atoms with Gasteiger partial charge in [-0.15, -0.1) is 11.6 Å². The van der Waals surface area contributed by atoms with E-state index in [1.807, 2.05) is 0 Å². The lowest BCUT2D eigenvalue weighted by atomic mass is 10.0. The molecular formula is C14H9ClF4. The third-order valence-corrected chi connectivity index (χ3v) is 3.02. The fraction of sp³-hybridized carbons (Fsp3) is 0.143. The number of alkyl halides is 4. The molecule has 0 aliphatic heterocycles. The Hall–Kier alpha value is -1.55. The highest BCUT2D eigenvalue weighted by atomic mass is 35.5. The molecular weight excluding hydrogens is 280 g/mol. The van der Waals surface area contributed by atoms with Crippen LogP contribution < -0.4 is 0 Å². The summed E-state index contributed by atoms with van der Waals surface area (Å²) in [4.78, 5) is 0. The summed E-state index contributed by atoms with van der Waals surface area (Å²) in [6.45, 7) is 0. The largest absolute Gasteiger partial charge is 0.416 e. The quantitative estimate of drug-likeness (QED) is 0.523. The van der Waals surface area contributed by atoms with Crippen LogP contribution in [0.5, 0.6) is 0 Å². The van der Waals surface area contributed by atoms with E-state index >= 15 is 0 Å². The average Bonchev–Trinajstić information content (AvgIpc) is 2.37. The Balaban J connectivity index is 2.37. The van der Waals surface area contributed by atoms with Crippen molar-refractivity contribution in [1.82, 2.24) is 0 Å². The van der Waals surface area contributed by atoms with Gasteiger partial charge in [-0.05, 0) is 29.3 Å². The zero-order valence-corrected chi connectivity index (χ0v) is 10.4. The Morgan fingerprint density at radius 3 is 2.05 bits per heavy atom. The summed E-state index contributed by atoms with van der Waals surface area (Å²) in [6.07, 6.45) is -4.39. The first kappa shape index (κ1) is 13.9. The van der Waals surface area contributed by atoms with E-state index in [4.69, 9.17) is 11.6 Å². The molecule has 2 aromatic rings. The molecule has 2 rings (SSSR count). The molecule has 0 spiro atoms. The molecule has 0 nitrogen and oxygen atoms in total. The molecule has 0 atom stereocenters. The van der Waals surface area contributed by atoms with Crippen LogP contribution >= 0.6 is 11.6 Å². The maximum atomic E-state index is 13.8. The highest BCUT2D eigenvalue weighted by Crippen LogP contribution is 2.31. The van der Waals surface area contributed by atoms with Crippen LogP contribution in [0.2, 0.25) is 0 Å². The summed E-state index contributed by atoms with van der Waals surface area (Å²) in [5.41, 5.74) is 0.512. The smallest absolute Gasteiger partial charge is 0.206 e. The Kier molecular flexibility index (Phi) is 3.80. The lowest BCUT2D eigenvalue weighted by Gasteiger charge is -2.09. The van der Waals surface area contributed by atoms with Crippen LogP contribution in [0.3, 0.4) is 0 Å². The lowest BCUT2D eigenvalue weighted by molar-refractivity contribution is -0.137. The number of halogens is 5. The minimum Gasteiger partial charge on any atom is -0.206 e. The Labute approximate surface area is 112 Å². The van der Waals surface area contributed by atoms with Crippen LogP contribution in [0.1, 0.15) is 11.1 Å². The molecule has 0 aliphatic carbocycles. The van der Waals surface area contributed by atoms with Gasteiger partial charge in [-0.3, -0.25) is 0 Å². The van der Waals surface area contributed by atoms with Crippen molar-refractivity contribution in [1.29, 1.82) is 0 Å². The van der Waals surface area contributed by atoms with E-state index in [1.165, 1.54) is 24.3 Å². The van der Waals surface area contributed by atoms with Crippen LogP contribution in [0.4, 0.5) is 17.6 Å². The van der Waals surface area contributed by atoms with Gasteiger partial charge in [0, 0.05) is 11.4 Å². The molecule has 0 amide bonds. The summed E-state index contributed by atoms with van der Waals surface area (Å²) in [5.74, 6) is -0.317. The van der Waals surface area contributed by atoms with Gasteiger partial charge in [0.25, 0.3) is 0 Å². The van der Waals surface area contributed by atoms with Crippen molar-refractivity contribution >= 4 is 11.6 Å². The predicted molar refractivity (Wildman–Crippen MR) is 66.4 cm³/mol. The molecule has 2 aromatic carbocycles. The van der Waals surface area contributed by atoms with E-state index < -0.39 is 17.6 Å². The fourth-order valence-corrected chi connectivity index (χ4v) is 1.88. The second-order valence-corrected chi connectivity index (χ2v) is 4.29. The maximum Gasteiger partial charge on any atom is 0.416 e. The Bertz CT molecular complexity index is 573. The van der Waals surface area contributed by atoms with Gasteiger partial charge in [0.15, 0.2) is 0 Å². The van der Waals surface area contributed by atoms with E-state index in [2.05, 4.69) is 0 Å². The van der Waals surface area contributed by atoms with E-state index in [9.17, 15) is 17.6 Å². The molecule has 100 valence electrons. The topological polar surface area (TPSA) is 0 Å². The van der Waals surface area contributed by atoms with E-state index in [0.29, 0.717) is 11.1 Å². The van der Waals surface area contributed by atoms with Crippen LogP contribution in [0, 0.1) is 5.82 Å². The van der Waals surface area contributed by atoms with Crippen molar-refractivity contribution in [2.75, 3.05) is 0 Å². The van der Waals surface area contributed by atoms with E-state index in [1.54, 1.807) is 6.07 Å². The third-order valence-electron chi connectivity index (χ3n) is 2.71. The first-order chi connectivity index (χ1) is 8.91. The zero-order valence-electron chi connectivity index (χ0n) is 9.64. The molecule has 0 heterocycles. The zero-order chi connectivity index (χ0) is 14.0. The van der Waals surface area contributed by atoms with Crippen molar-refractivity contribution in [2.45, 2.75) is 12.1 Å². The molecule has 0 unspecified atom stereocenters. The van der Waals surface area contributed by atoms with Crippen LogP contribution in [-0.2, 0) is 12.1 Å². The number of benzene rings is 2. The highest BCUT2D eigenvalue weighted by Gasteiger charge is 2.30. The number of hydrogen-bond acceptors (Lipinski definition) is 0. The number of rotatable bonds is 2. The summed E-state index contributed by atoms with van der Waals surface area (Å²) in [6, 6.07) is 8.80. The van der Waals surface area contributed by atoms with Gasteiger partial charge in [-0.2, -0.15) is 13.2 Å². The van der Waals surface area contributed by atoms with E-state index in [-0.39, 0.29) is 11.4 Å². The van der Waals surface area contributed by atoms with Gasteiger partial charge >= 0.3 is 6.18 Å². The second-order valence-electron chi connectivity index (χ2n) is 4.02. The third kappa shape index (κ3) is 3.07. The minimum absolute atomic E-state index is 0.185. The van der Waals surface area contributed by atoms with Gasteiger partial charge in [-0.1, -0.05) is 24.3 Å². The van der Waals surface area contributed by atoms with Gasteiger partial charge in [0.2, 0.25) is 0 Å². The average molecular weight is 289 g/mol. The monoisotopic (exact) mass is 288 g/mol. The molecule has 0 fully saturated rings. The van der Waals surface area contributed by atoms with Gasteiger partial charge in [0.1, 0.15) is 5.82 Å². The van der Waals surface area contributed by atoms with Crippen LogP contribution in [0.15, 0.2) is 42.5 Å². The van der Waals surface area contributed by atoms with Gasteiger partial charge in [-0.25, -0.2) is 4.39 Å². The minimum atomic E-state index is -4.39. The van der Waals surface area contributed by atoms with Gasteiger partial charge < -0.3 is 0 Å². The van der Waals surface area contributed by atoms with Crippen molar-refractivity contribution in [2.24, 2.45) is 0 Å². The van der Waals surface area contributed by atoms with Gasteiger partial charge in [0.05, 0.1) is 5.56 Å². The fourth-order valence-electron chi connectivity index (χ4n) is 1.71. The van der Waals surface area contributed by atoms with Crippen molar-refractivity contribution in [3.05, 3.63) is 59.4 Å². The first-order valence-electron chi connectivity index (χ1n) is 5.44. The predicted octanol–water partition coefficient (Wildman–Crippen LogP) is 5.25. The molecule has 0 N–H and O–H groups in total. The Morgan fingerprint density at radius 1 is 0.947 bits per heavy atom. The lowest BCUT2D eigenvalue weighted by Crippen LogP contribution is -2.04. The van der Waals surface area contributed by atoms with Crippen molar-refractivity contribution in [3.8, 4) is 11.1 Å². The Morgan fingerprint density at radius 2 is 1.58 bits per heavy atom. The van der Waals surface area contributed by atoms with Crippen LogP contribution in [0.25, 0.3) is 11.1 Å². The number of hydrogen-bond donors (Lipinski definition) is 0. The molecule has 0 bridgehead atoms. The summed E-state index contributed by atoms with van der Waals surface area (Å²) in [7, 11) is 0. The van der Waals surface area contributed by atoms with Crippen LogP contribution in [-0.4, -0.2) is 0 Å². The van der Waals surface area contributed by atoms with Crippen molar-refractivity contribution in [3.63, 3.8) is 0 Å². The molecule has 0 aromatic heterocycles. The molecule has 0 aliphatic rings. The first-order valence-corrected chi connectivity index (χ1v) is 5.97. The summed E-state index contributed by atoms with van der Waals surface area (Å²) < 4.78 is 51.0. The normalized spacial score (nSPS) is 11.6. The maximum absolute atomic E-state index is 13.8. The highest BCUT2D eigenvalue weighted by molar-refractivity contribution is 6.17. The second kappa shape index (κ2) is 5.21. The molecule has 0 saturated heterocycles. The summed E-state index contributed by atoms with van der Waals surface area (Å²) in [5, 5.41) is 0. The molecule has 0 radical (unpaired) electrons. The molecule has 19 heavy (non-hydrogen) atoms. The van der Waals surface area contributed by atoms with Crippen molar-refractivity contribution < 1.29 is 17.6 Å². The molecule has 5 heteroatoms. The summed E-state index contributed by atoms with van der Waals surface area (Å²) >= 11 is 5.58. The van der Waals surface area contributed by atoms with E-state index in [0.717, 1.165) is 12.1 Å².